The molecular formula is C13H17BrN4O2. The van der Waals surface area contributed by atoms with Gasteiger partial charge in [-0.1, -0.05) is 0 Å². The van der Waals surface area contributed by atoms with E-state index < -0.39 is 4.92 Å². The predicted octanol–water partition coefficient (Wildman–Crippen LogP) is 2.71. The van der Waals surface area contributed by atoms with Crippen molar-refractivity contribution in [3.8, 4) is 0 Å². The van der Waals surface area contributed by atoms with E-state index in [1.54, 1.807) is 6.92 Å². The number of nitro groups is 1. The number of hydrogen-bond acceptors (Lipinski definition) is 5. The van der Waals surface area contributed by atoms with Gasteiger partial charge >= 0.3 is 0 Å². The Balaban J connectivity index is 1.81. The van der Waals surface area contributed by atoms with Gasteiger partial charge in [-0.3, -0.25) is 15.0 Å². The molecule has 0 amide bonds. The van der Waals surface area contributed by atoms with Gasteiger partial charge in [0, 0.05) is 24.2 Å². The fourth-order valence-corrected chi connectivity index (χ4v) is 3.70. The van der Waals surface area contributed by atoms with E-state index >= 15 is 0 Å². The van der Waals surface area contributed by atoms with Gasteiger partial charge in [-0.15, -0.1) is 0 Å². The summed E-state index contributed by atoms with van der Waals surface area (Å²) in [5.74, 6) is 0.715. The molecule has 0 aliphatic carbocycles. The van der Waals surface area contributed by atoms with Gasteiger partial charge in [0.05, 0.1) is 9.40 Å². The second kappa shape index (κ2) is 5.29. The number of nitrogens with one attached hydrogen (secondary N) is 1. The molecule has 2 aliphatic heterocycles. The summed E-state index contributed by atoms with van der Waals surface area (Å²) in [6, 6.07) is 0.973. The van der Waals surface area contributed by atoms with Crippen molar-refractivity contribution in [2.45, 2.75) is 38.3 Å². The van der Waals surface area contributed by atoms with Crippen molar-refractivity contribution in [2.75, 3.05) is 18.4 Å². The number of halogens is 1. The molecule has 0 radical (unpaired) electrons. The SMILES string of the molecule is Cc1c([N+](=O)[O-])cnc(NC2CCN3CCCC23)c1Br. The molecule has 0 saturated carbocycles. The molecule has 1 N–H and O–H groups in total. The third-order valence-corrected chi connectivity index (χ3v) is 5.33. The minimum atomic E-state index is -0.398. The lowest BCUT2D eigenvalue weighted by molar-refractivity contribution is -0.385. The Morgan fingerprint density at radius 2 is 2.30 bits per heavy atom. The summed E-state index contributed by atoms with van der Waals surface area (Å²) in [5.41, 5.74) is 0.671. The van der Waals surface area contributed by atoms with Gasteiger partial charge in [0.25, 0.3) is 5.69 Å². The number of rotatable bonds is 3. The maximum absolute atomic E-state index is 10.9. The standard InChI is InChI=1S/C13H17BrN4O2/c1-8-11(18(19)20)7-15-13(12(8)14)16-9-4-6-17-5-2-3-10(9)17/h7,9-10H,2-6H2,1H3,(H,15,16). The molecule has 7 heteroatoms. The second-order valence-corrected chi connectivity index (χ2v) is 6.27. The quantitative estimate of drug-likeness (QED) is 0.676. The third kappa shape index (κ3) is 2.29. The maximum Gasteiger partial charge on any atom is 0.291 e. The number of nitrogens with zero attached hydrogens (tertiary/aromatic N) is 3. The minimum absolute atomic E-state index is 0.0522. The first kappa shape index (κ1) is 13.8. The van der Waals surface area contributed by atoms with Crippen LogP contribution >= 0.6 is 15.9 Å². The molecule has 0 aromatic carbocycles. The molecule has 2 fully saturated rings. The van der Waals surface area contributed by atoms with Crippen molar-refractivity contribution in [1.82, 2.24) is 9.88 Å². The summed E-state index contributed by atoms with van der Waals surface area (Å²) in [6.45, 7) is 4.06. The van der Waals surface area contributed by atoms with E-state index in [0.29, 0.717) is 27.9 Å². The fraction of sp³-hybridized carbons (Fsp3) is 0.615. The molecule has 0 spiro atoms. The van der Waals surface area contributed by atoms with E-state index in [1.165, 1.54) is 25.6 Å². The molecule has 2 saturated heterocycles. The number of aromatic nitrogens is 1. The first-order chi connectivity index (χ1) is 9.58. The van der Waals surface area contributed by atoms with Crippen LogP contribution in [0.25, 0.3) is 0 Å². The van der Waals surface area contributed by atoms with Crippen molar-refractivity contribution in [3.05, 3.63) is 26.3 Å². The van der Waals surface area contributed by atoms with Gasteiger partial charge in [-0.2, -0.15) is 0 Å². The maximum atomic E-state index is 10.9. The Hall–Kier alpha value is -1.21. The van der Waals surface area contributed by atoms with Crippen molar-refractivity contribution >= 4 is 27.4 Å². The highest BCUT2D eigenvalue weighted by molar-refractivity contribution is 9.10. The van der Waals surface area contributed by atoms with Gasteiger partial charge in [-0.05, 0) is 48.7 Å². The van der Waals surface area contributed by atoms with Crippen LogP contribution in [0.1, 0.15) is 24.8 Å². The average molecular weight is 341 g/mol. The van der Waals surface area contributed by atoms with Crippen LogP contribution in [0.4, 0.5) is 11.5 Å². The largest absolute Gasteiger partial charge is 0.365 e. The summed E-state index contributed by atoms with van der Waals surface area (Å²) < 4.78 is 0.697. The number of anilines is 1. The first-order valence-electron chi connectivity index (χ1n) is 6.88. The van der Waals surface area contributed by atoms with Crippen LogP contribution in [-0.4, -0.2) is 40.0 Å². The summed E-state index contributed by atoms with van der Waals surface area (Å²) >= 11 is 3.44. The number of fused-ring (bicyclic) bond motifs is 1. The zero-order chi connectivity index (χ0) is 14.3. The first-order valence-corrected chi connectivity index (χ1v) is 7.67. The second-order valence-electron chi connectivity index (χ2n) is 5.47. The molecule has 0 bridgehead atoms. The summed E-state index contributed by atoms with van der Waals surface area (Å²) in [4.78, 5) is 17.2. The van der Waals surface area contributed by atoms with Crippen molar-refractivity contribution in [3.63, 3.8) is 0 Å². The highest BCUT2D eigenvalue weighted by Gasteiger charge is 2.37. The van der Waals surface area contributed by atoms with E-state index in [0.717, 1.165) is 13.0 Å². The zero-order valence-corrected chi connectivity index (χ0v) is 12.9. The van der Waals surface area contributed by atoms with E-state index in [9.17, 15) is 10.1 Å². The van der Waals surface area contributed by atoms with Crippen molar-refractivity contribution in [1.29, 1.82) is 0 Å². The van der Waals surface area contributed by atoms with Gasteiger partial charge < -0.3 is 5.32 Å². The van der Waals surface area contributed by atoms with Crippen molar-refractivity contribution < 1.29 is 4.92 Å². The normalized spacial score (nSPS) is 25.7. The summed E-state index contributed by atoms with van der Waals surface area (Å²) in [5, 5.41) is 14.4. The minimum Gasteiger partial charge on any atom is -0.365 e. The smallest absolute Gasteiger partial charge is 0.291 e. The van der Waals surface area contributed by atoms with Crippen LogP contribution in [-0.2, 0) is 0 Å². The monoisotopic (exact) mass is 340 g/mol. The van der Waals surface area contributed by atoms with Crippen LogP contribution in [0.3, 0.4) is 0 Å². The highest BCUT2D eigenvalue weighted by Crippen LogP contribution is 2.34. The van der Waals surface area contributed by atoms with Gasteiger partial charge in [0.15, 0.2) is 0 Å². The fourth-order valence-electron chi connectivity index (χ4n) is 3.28. The molecule has 2 atom stereocenters. The molecule has 2 unspecified atom stereocenters. The summed E-state index contributed by atoms with van der Waals surface area (Å²) in [7, 11) is 0. The molecule has 1 aromatic rings. The topological polar surface area (TPSA) is 71.3 Å². The number of hydrogen-bond donors (Lipinski definition) is 1. The van der Waals surface area contributed by atoms with Crippen LogP contribution < -0.4 is 5.32 Å². The zero-order valence-electron chi connectivity index (χ0n) is 11.3. The molecule has 1 aromatic heterocycles. The molecule has 20 heavy (non-hydrogen) atoms. The molecule has 3 rings (SSSR count). The highest BCUT2D eigenvalue weighted by atomic mass is 79.9. The number of pyridine rings is 1. The average Bonchev–Trinajstić information content (AvgIpc) is 2.99. The van der Waals surface area contributed by atoms with Gasteiger partial charge in [-0.25, -0.2) is 4.98 Å². The lowest BCUT2D eigenvalue weighted by atomic mass is 10.1. The van der Waals surface area contributed by atoms with Crippen LogP contribution in [0, 0.1) is 17.0 Å². The molecule has 108 valence electrons. The van der Waals surface area contributed by atoms with Gasteiger partial charge in [0.1, 0.15) is 12.0 Å². The predicted molar refractivity (Wildman–Crippen MR) is 80.0 cm³/mol. The lowest BCUT2D eigenvalue weighted by Gasteiger charge is -2.22. The van der Waals surface area contributed by atoms with E-state index in [-0.39, 0.29) is 5.69 Å². The van der Waals surface area contributed by atoms with Crippen molar-refractivity contribution in [2.24, 2.45) is 0 Å². The van der Waals surface area contributed by atoms with Gasteiger partial charge in [0.2, 0.25) is 0 Å². The molecular weight excluding hydrogens is 324 g/mol. The van der Waals surface area contributed by atoms with Crippen LogP contribution in [0.15, 0.2) is 10.7 Å². The third-order valence-electron chi connectivity index (χ3n) is 4.36. The Labute approximate surface area is 125 Å². The van der Waals surface area contributed by atoms with Crippen LogP contribution in [0.2, 0.25) is 0 Å². The Kier molecular flexibility index (Phi) is 3.64. The summed E-state index contributed by atoms with van der Waals surface area (Å²) in [6.07, 6.45) is 4.93. The molecule has 2 aliphatic rings. The molecule has 6 nitrogen and oxygen atoms in total. The van der Waals surface area contributed by atoms with E-state index in [4.69, 9.17) is 0 Å². The Morgan fingerprint density at radius 3 is 3.05 bits per heavy atom. The Morgan fingerprint density at radius 1 is 1.50 bits per heavy atom. The Bertz CT molecular complexity index is 551. The lowest BCUT2D eigenvalue weighted by Crippen LogP contribution is -2.34. The van der Waals surface area contributed by atoms with E-state index in [1.807, 2.05) is 0 Å². The van der Waals surface area contributed by atoms with Crippen LogP contribution in [0.5, 0.6) is 0 Å². The van der Waals surface area contributed by atoms with E-state index in [2.05, 4.69) is 31.1 Å². The molecule has 3 heterocycles.